The molecule has 0 aliphatic carbocycles. The number of hydrogen-bond acceptors (Lipinski definition) is 4. The molecule has 0 radical (unpaired) electrons. The summed E-state index contributed by atoms with van der Waals surface area (Å²) in [6.45, 7) is 4.02. The standard InChI is InChI=1S/C18H19ClN5O3/c1-5-22-16(25)14-15(21(3)18(22)26)20-17-23(14)9-10(2)24(17)11-6-7-13(27-4)12(19)8-11/h6-9,14H,5H2,1-4H3/q+1. The molecule has 3 heterocycles. The van der Waals surface area contributed by atoms with Crippen LogP contribution in [0.4, 0.5) is 10.7 Å². The Hall–Kier alpha value is -2.87. The maximum absolute atomic E-state index is 12.9. The maximum Gasteiger partial charge on any atom is 0.406 e. The van der Waals surface area contributed by atoms with E-state index in [-0.39, 0.29) is 11.9 Å². The van der Waals surface area contributed by atoms with Crippen molar-refractivity contribution in [2.75, 3.05) is 20.7 Å². The Bertz CT molecular complexity index is 1010. The monoisotopic (exact) mass is 388 g/mol. The number of halogens is 1. The van der Waals surface area contributed by atoms with E-state index in [1.807, 2.05) is 23.8 Å². The Balaban J connectivity index is 1.87. The van der Waals surface area contributed by atoms with E-state index in [2.05, 4.69) is 4.99 Å². The van der Waals surface area contributed by atoms with Crippen LogP contribution in [0.25, 0.3) is 5.69 Å². The van der Waals surface area contributed by atoms with E-state index in [1.54, 1.807) is 37.8 Å². The summed E-state index contributed by atoms with van der Waals surface area (Å²) >= 11 is 6.28. The summed E-state index contributed by atoms with van der Waals surface area (Å²) in [6.07, 6.45) is 1.87. The van der Waals surface area contributed by atoms with E-state index in [0.717, 1.165) is 11.4 Å². The van der Waals surface area contributed by atoms with E-state index in [0.29, 0.717) is 29.1 Å². The van der Waals surface area contributed by atoms with Gasteiger partial charge in [-0.25, -0.2) is 9.36 Å². The fraction of sp³-hybridized carbons (Fsp3) is 0.333. The van der Waals surface area contributed by atoms with Gasteiger partial charge in [0.05, 0.1) is 12.1 Å². The number of carbonyl (C=O) groups is 2. The largest absolute Gasteiger partial charge is 0.495 e. The number of carbonyl (C=O) groups excluding carboxylic acids is 2. The number of urea groups is 1. The van der Waals surface area contributed by atoms with Gasteiger partial charge in [-0.1, -0.05) is 16.6 Å². The summed E-state index contributed by atoms with van der Waals surface area (Å²) in [7, 11) is 3.20. The zero-order valence-corrected chi connectivity index (χ0v) is 16.2. The van der Waals surface area contributed by atoms with Crippen molar-refractivity contribution in [2.24, 2.45) is 4.99 Å². The van der Waals surface area contributed by atoms with Crippen molar-refractivity contribution < 1.29 is 18.9 Å². The SMILES string of the molecule is CCN1C(=O)C2C(=Nc3n(-c4ccc(OC)c(Cl)c4)c(C)c[n+]32)N(C)C1=O. The number of imide groups is 1. The highest BCUT2D eigenvalue weighted by atomic mass is 35.5. The molecular formula is C18H19ClN5O3+. The highest BCUT2D eigenvalue weighted by Crippen LogP contribution is 2.33. The fourth-order valence-electron chi connectivity index (χ4n) is 3.59. The van der Waals surface area contributed by atoms with Crippen LogP contribution >= 0.6 is 11.6 Å². The molecule has 27 heavy (non-hydrogen) atoms. The van der Waals surface area contributed by atoms with Crippen LogP contribution in [-0.4, -0.2) is 52.8 Å². The third-order valence-electron chi connectivity index (χ3n) is 4.92. The molecule has 1 unspecified atom stereocenters. The zero-order valence-electron chi connectivity index (χ0n) is 15.4. The van der Waals surface area contributed by atoms with Crippen LogP contribution < -0.4 is 9.30 Å². The first-order valence-corrected chi connectivity index (χ1v) is 8.91. The maximum atomic E-state index is 12.9. The molecule has 8 nitrogen and oxygen atoms in total. The summed E-state index contributed by atoms with van der Waals surface area (Å²) in [4.78, 5) is 32.6. The van der Waals surface area contributed by atoms with Crippen molar-refractivity contribution in [1.82, 2.24) is 14.4 Å². The summed E-state index contributed by atoms with van der Waals surface area (Å²) in [5, 5.41) is 0.477. The molecule has 1 fully saturated rings. The number of rotatable bonds is 3. The highest BCUT2D eigenvalue weighted by Gasteiger charge is 2.52. The second-order valence-corrected chi connectivity index (χ2v) is 6.84. The Labute approximate surface area is 161 Å². The number of benzene rings is 1. The average Bonchev–Trinajstić information content (AvgIpc) is 3.15. The van der Waals surface area contributed by atoms with Crippen molar-refractivity contribution >= 4 is 35.3 Å². The smallest absolute Gasteiger partial charge is 0.406 e. The molecule has 140 valence electrons. The Kier molecular flexibility index (Phi) is 3.96. The number of hydrogen-bond donors (Lipinski definition) is 0. The number of ether oxygens (including phenoxy) is 1. The summed E-state index contributed by atoms with van der Waals surface area (Å²) < 4.78 is 8.92. The average molecular weight is 389 g/mol. The minimum Gasteiger partial charge on any atom is -0.495 e. The molecule has 0 spiro atoms. The number of fused-ring (bicyclic) bond motifs is 3. The van der Waals surface area contributed by atoms with Crippen LogP contribution in [0.3, 0.4) is 0 Å². The Morgan fingerprint density at radius 2 is 2.07 bits per heavy atom. The van der Waals surface area contributed by atoms with Gasteiger partial charge in [0.15, 0.2) is 0 Å². The van der Waals surface area contributed by atoms with Crippen LogP contribution in [0, 0.1) is 6.92 Å². The van der Waals surface area contributed by atoms with Gasteiger partial charge in [0.2, 0.25) is 11.9 Å². The number of amidine groups is 1. The van der Waals surface area contributed by atoms with Crippen molar-refractivity contribution in [3.63, 3.8) is 0 Å². The van der Waals surface area contributed by atoms with Gasteiger partial charge in [-0.15, -0.1) is 0 Å². The van der Waals surface area contributed by atoms with Gasteiger partial charge < -0.3 is 4.74 Å². The van der Waals surface area contributed by atoms with Gasteiger partial charge in [-0.2, -0.15) is 4.57 Å². The van der Waals surface area contributed by atoms with Crippen LogP contribution in [0.5, 0.6) is 5.75 Å². The lowest BCUT2D eigenvalue weighted by Gasteiger charge is -2.32. The van der Waals surface area contributed by atoms with Crippen molar-refractivity contribution in [3.05, 3.63) is 35.1 Å². The third kappa shape index (κ3) is 2.36. The lowest BCUT2D eigenvalue weighted by Crippen LogP contribution is -2.62. The topological polar surface area (TPSA) is 71.0 Å². The van der Waals surface area contributed by atoms with Gasteiger partial charge in [0, 0.05) is 13.6 Å². The molecule has 9 heteroatoms. The number of nitrogens with zero attached hydrogens (tertiary/aromatic N) is 5. The summed E-state index contributed by atoms with van der Waals surface area (Å²) in [5.74, 6) is 1.30. The quantitative estimate of drug-likeness (QED) is 0.757. The molecule has 4 rings (SSSR count). The predicted molar refractivity (Wildman–Crippen MR) is 98.9 cm³/mol. The molecule has 1 aromatic carbocycles. The molecule has 2 aliphatic heterocycles. The lowest BCUT2D eigenvalue weighted by molar-refractivity contribution is -0.676. The molecule has 0 saturated carbocycles. The third-order valence-corrected chi connectivity index (χ3v) is 5.21. The summed E-state index contributed by atoms with van der Waals surface area (Å²) in [6, 6.07) is 4.43. The Morgan fingerprint density at radius 3 is 2.70 bits per heavy atom. The van der Waals surface area contributed by atoms with Crippen molar-refractivity contribution in [1.29, 1.82) is 0 Å². The van der Waals surface area contributed by atoms with Crippen LogP contribution in [0.15, 0.2) is 29.4 Å². The van der Waals surface area contributed by atoms with E-state index in [1.165, 1.54) is 9.80 Å². The summed E-state index contributed by atoms with van der Waals surface area (Å²) in [5.41, 5.74) is 1.69. The molecule has 1 aromatic heterocycles. The molecule has 2 aromatic rings. The van der Waals surface area contributed by atoms with Crippen LogP contribution in [-0.2, 0) is 4.79 Å². The second-order valence-electron chi connectivity index (χ2n) is 6.43. The Morgan fingerprint density at radius 1 is 1.33 bits per heavy atom. The number of methoxy groups -OCH3 is 1. The number of aromatic nitrogens is 2. The van der Waals surface area contributed by atoms with Gasteiger partial charge in [-0.3, -0.25) is 14.6 Å². The molecular weight excluding hydrogens is 370 g/mol. The minimum absolute atomic E-state index is 0.270. The van der Waals surface area contributed by atoms with Gasteiger partial charge in [0.1, 0.15) is 23.3 Å². The van der Waals surface area contributed by atoms with Gasteiger partial charge in [0.25, 0.3) is 5.91 Å². The molecule has 0 N–H and O–H groups in total. The van der Waals surface area contributed by atoms with Crippen molar-refractivity contribution in [3.8, 4) is 11.4 Å². The first-order valence-electron chi connectivity index (χ1n) is 8.54. The minimum atomic E-state index is -0.642. The number of imidazole rings is 1. The van der Waals surface area contributed by atoms with E-state index >= 15 is 0 Å². The van der Waals surface area contributed by atoms with Crippen LogP contribution in [0.1, 0.15) is 18.7 Å². The number of aliphatic imine (C=N–C) groups is 1. The van der Waals surface area contributed by atoms with Gasteiger partial charge >= 0.3 is 12.0 Å². The van der Waals surface area contributed by atoms with Gasteiger partial charge in [-0.05, 0) is 32.0 Å². The first-order chi connectivity index (χ1) is 12.9. The van der Waals surface area contributed by atoms with Crippen molar-refractivity contribution in [2.45, 2.75) is 19.9 Å². The van der Waals surface area contributed by atoms with E-state index < -0.39 is 6.04 Å². The molecule has 1 saturated heterocycles. The molecule has 3 amide bonds. The first kappa shape index (κ1) is 17.5. The fourth-order valence-corrected chi connectivity index (χ4v) is 3.84. The number of aryl methyl sites for hydroxylation is 1. The van der Waals surface area contributed by atoms with Crippen LogP contribution in [0.2, 0.25) is 5.02 Å². The van der Waals surface area contributed by atoms with E-state index in [9.17, 15) is 9.59 Å². The van der Waals surface area contributed by atoms with E-state index in [4.69, 9.17) is 16.3 Å². The zero-order chi connectivity index (χ0) is 19.5. The molecule has 2 aliphatic rings. The number of likely N-dealkylation sites (N-methyl/N-ethyl adjacent to an activating group) is 2. The lowest BCUT2D eigenvalue weighted by atomic mass is 10.1. The number of amides is 3. The molecule has 0 bridgehead atoms. The predicted octanol–water partition coefficient (Wildman–Crippen LogP) is 2.23. The molecule has 1 atom stereocenters. The second kappa shape index (κ2) is 6.09. The highest BCUT2D eigenvalue weighted by molar-refractivity contribution is 6.32. The normalized spacial score (nSPS) is 18.6.